The summed E-state index contributed by atoms with van der Waals surface area (Å²) in [5.74, 6) is -0.175. The van der Waals surface area contributed by atoms with Gasteiger partial charge in [0, 0.05) is 12.3 Å². The number of thiophene rings is 1. The van der Waals surface area contributed by atoms with Gasteiger partial charge in [0.2, 0.25) is 10.0 Å². The molecule has 1 fully saturated rings. The molecule has 1 amide bonds. The van der Waals surface area contributed by atoms with E-state index >= 15 is 0 Å². The smallest absolute Gasteiger partial charge is 0.279 e. The minimum Gasteiger partial charge on any atom is -0.372 e. The average molecular weight is 411 g/mol. The number of primary sulfonamides is 1. The van der Waals surface area contributed by atoms with Crippen molar-refractivity contribution in [1.82, 2.24) is 0 Å². The first kappa shape index (κ1) is 20.0. The van der Waals surface area contributed by atoms with Gasteiger partial charge in [-0.05, 0) is 42.5 Å². The molecule has 2 heterocycles. The normalized spacial score (nSPS) is 18.3. The van der Waals surface area contributed by atoms with Crippen LogP contribution in [0.3, 0.4) is 0 Å². The van der Waals surface area contributed by atoms with Crippen molar-refractivity contribution in [3.8, 4) is 0 Å². The van der Waals surface area contributed by atoms with Crippen LogP contribution in [0.2, 0.25) is 0 Å². The molecule has 7 nitrogen and oxygen atoms in total. The zero-order valence-electron chi connectivity index (χ0n) is 14.9. The molecule has 1 saturated heterocycles. The molecule has 2 atom stereocenters. The van der Waals surface area contributed by atoms with Crippen LogP contribution in [0.5, 0.6) is 0 Å². The molecule has 0 radical (unpaired) electrons. The van der Waals surface area contributed by atoms with Gasteiger partial charge in [0.25, 0.3) is 5.91 Å². The van der Waals surface area contributed by atoms with Crippen LogP contribution in [0.4, 0.5) is 5.69 Å². The predicted molar refractivity (Wildman–Crippen MR) is 104 cm³/mol. The highest BCUT2D eigenvalue weighted by atomic mass is 32.2. The van der Waals surface area contributed by atoms with E-state index in [1.54, 1.807) is 23.5 Å². The number of ether oxygens (including phenoxy) is 1. The van der Waals surface area contributed by atoms with Crippen LogP contribution in [0, 0.1) is 0 Å². The quantitative estimate of drug-likeness (QED) is 0.593. The van der Waals surface area contributed by atoms with Crippen LogP contribution in [-0.4, -0.2) is 40.1 Å². The minimum atomic E-state index is -3.81. The number of sulfonamides is 1. The number of nitrogens with one attached hydrogen (secondary N) is 2. The Bertz CT molecular complexity index is 862. The standard InChI is InChI=1S/C18H23N3O4S2/c19-27(23,24)17-7-1-4-14(10-17)20-18(22)13-21(11-15-5-2-8-25-15)12-16-6-3-9-26-16/h1,3-4,6-7,9-10,15H,2,5,8,11-13H2,(H,20,22)(H2,19,23,24)/p+1/t15-/m1/s1. The molecule has 146 valence electrons. The van der Waals surface area contributed by atoms with Gasteiger partial charge in [-0.3, -0.25) is 4.79 Å². The van der Waals surface area contributed by atoms with Gasteiger partial charge < -0.3 is 15.0 Å². The lowest BCUT2D eigenvalue weighted by Gasteiger charge is -2.21. The second-order valence-electron chi connectivity index (χ2n) is 6.64. The fraction of sp³-hybridized carbons (Fsp3) is 0.389. The number of nitrogens with two attached hydrogens (primary N) is 1. The van der Waals surface area contributed by atoms with Gasteiger partial charge in [-0.2, -0.15) is 0 Å². The molecule has 1 aromatic carbocycles. The van der Waals surface area contributed by atoms with Crippen LogP contribution in [0.1, 0.15) is 17.7 Å². The lowest BCUT2D eigenvalue weighted by molar-refractivity contribution is -0.908. The van der Waals surface area contributed by atoms with Crippen LogP contribution < -0.4 is 15.4 Å². The second kappa shape index (κ2) is 8.94. The molecule has 1 aliphatic heterocycles. The largest absolute Gasteiger partial charge is 0.372 e. The molecule has 1 unspecified atom stereocenters. The van der Waals surface area contributed by atoms with Crippen molar-refractivity contribution >= 4 is 33.0 Å². The van der Waals surface area contributed by atoms with Crippen LogP contribution in [0.15, 0.2) is 46.7 Å². The van der Waals surface area contributed by atoms with E-state index in [-0.39, 0.29) is 23.5 Å². The Kier molecular flexibility index (Phi) is 6.61. The fourth-order valence-corrected chi connectivity index (χ4v) is 4.51. The van der Waals surface area contributed by atoms with Crippen molar-refractivity contribution in [3.05, 3.63) is 46.7 Å². The van der Waals surface area contributed by atoms with Gasteiger partial charge in [-0.15, -0.1) is 11.3 Å². The fourth-order valence-electron chi connectivity index (χ4n) is 3.18. The van der Waals surface area contributed by atoms with Crippen LogP contribution in [0.25, 0.3) is 0 Å². The van der Waals surface area contributed by atoms with Gasteiger partial charge in [-0.25, -0.2) is 13.6 Å². The van der Waals surface area contributed by atoms with Gasteiger partial charge in [0.1, 0.15) is 19.2 Å². The van der Waals surface area contributed by atoms with Crippen molar-refractivity contribution in [2.24, 2.45) is 5.14 Å². The van der Waals surface area contributed by atoms with Crippen molar-refractivity contribution in [2.75, 3.05) is 25.0 Å². The van der Waals surface area contributed by atoms with Crippen LogP contribution >= 0.6 is 11.3 Å². The van der Waals surface area contributed by atoms with Gasteiger partial charge >= 0.3 is 0 Å². The summed E-state index contributed by atoms with van der Waals surface area (Å²) in [6, 6.07) is 10.0. The summed E-state index contributed by atoms with van der Waals surface area (Å²) in [6.07, 6.45) is 2.26. The Morgan fingerprint density at radius 2 is 2.19 bits per heavy atom. The molecule has 1 aliphatic rings. The SMILES string of the molecule is NS(=O)(=O)c1cccc(NC(=O)C[NH+](Cc2cccs2)C[C@H]2CCCO2)c1. The maximum Gasteiger partial charge on any atom is 0.279 e. The maximum absolute atomic E-state index is 12.5. The summed E-state index contributed by atoms with van der Waals surface area (Å²) in [6.45, 7) is 2.57. The Balaban J connectivity index is 1.64. The first-order valence-corrected chi connectivity index (χ1v) is 11.2. The summed E-state index contributed by atoms with van der Waals surface area (Å²) in [7, 11) is -3.81. The molecule has 0 spiro atoms. The van der Waals surface area contributed by atoms with Gasteiger partial charge in [0.05, 0.1) is 9.77 Å². The van der Waals surface area contributed by atoms with E-state index in [1.165, 1.54) is 17.0 Å². The summed E-state index contributed by atoms with van der Waals surface area (Å²) in [4.78, 5) is 14.8. The Morgan fingerprint density at radius 3 is 2.85 bits per heavy atom. The van der Waals surface area contributed by atoms with E-state index < -0.39 is 10.0 Å². The van der Waals surface area contributed by atoms with Crippen molar-refractivity contribution in [3.63, 3.8) is 0 Å². The molecule has 4 N–H and O–H groups in total. The number of amides is 1. The van der Waals surface area contributed by atoms with Gasteiger partial charge in [0.15, 0.2) is 6.54 Å². The molecule has 0 saturated carbocycles. The van der Waals surface area contributed by atoms with Crippen molar-refractivity contribution in [2.45, 2.75) is 30.4 Å². The minimum absolute atomic E-state index is 0.0255. The molecular formula is C18H24N3O4S2+. The highest BCUT2D eigenvalue weighted by Crippen LogP contribution is 2.14. The van der Waals surface area contributed by atoms with Crippen molar-refractivity contribution < 1.29 is 22.8 Å². The lowest BCUT2D eigenvalue weighted by atomic mass is 10.2. The molecule has 3 rings (SSSR count). The van der Waals surface area contributed by atoms with E-state index in [9.17, 15) is 13.2 Å². The number of hydrogen-bond donors (Lipinski definition) is 3. The summed E-state index contributed by atoms with van der Waals surface area (Å²) >= 11 is 1.67. The number of quaternary nitrogens is 1. The summed E-state index contributed by atoms with van der Waals surface area (Å²) < 4.78 is 28.7. The lowest BCUT2D eigenvalue weighted by Crippen LogP contribution is -3.12. The number of benzene rings is 1. The summed E-state index contributed by atoms with van der Waals surface area (Å²) in [5.41, 5.74) is 0.416. The molecule has 1 aromatic heterocycles. The molecule has 0 aliphatic carbocycles. The average Bonchev–Trinajstić information content (AvgIpc) is 3.28. The molecule has 2 aromatic rings. The molecule has 9 heteroatoms. The highest BCUT2D eigenvalue weighted by molar-refractivity contribution is 7.89. The maximum atomic E-state index is 12.5. The third-order valence-corrected chi connectivity index (χ3v) is 6.19. The Labute approximate surface area is 163 Å². The highest BCUT2D eigenvalue weighted by Gasteiger charge is 2.24. The van der Waals surface area contributed by atoms with E-state index in [0.29, 0.717) is 5.69 Å². The zero-order chi connectivity index (χ0) is 19.3. The Morgan fingerprint density at radius 1 is 1.33 bits per heavy atom. The molecule has 27 heavy (non-hydrogen) atoms. The second-order valence-corrected chi connectivity index (χ2v) is 9.24. The monoisotopic (exact) mass is 410 g/mol. The Hall–Kier alpha value is -1.78. The van der Waals surface area contributed by atoms with E-state index in [0.717, 1.165) is 37.4 Å². The van der Waals surface area contributed by atoms with Gasteiger partial charge in [-0.1, -0.05) is 12.1 Å². The molecular weight excluding hydrogens is 386 g/mol. The van der Waals surface area contributed by atoms with E-state index in [2.05, 4.69) is 11.4 Å². The van der Waals surface area contributed by atoms with Crippen molar-refractivity contribution in [1.29, 1.82) is 0 Å². The zero-order valence-corrected chi connectivity index (χ0v) is 16.5. The third kappa shape index (κ3) is 6.12. The topological polar surface area (TPSA) is 103 Å². The number of carbonyl (C=O) groups is 1. The molecule has 0 bridgehead atoms. The van der Waals surface area contributed by atoms with E-state index in [4.69, 9.17) is 9.88 Å². The predicted octanol–water partition coefficient (Wildman–Crippen LogP) is 0.598. The first-order valence-electron chi connectivity index (χ1n) is 8.80. The van der Waals surface area contributed by atoms with Crippen LogP contribution in [-0.2, 0) is 26.1 Å². The number of rotatable bonds is 8. The first-order chi connectivity index (χ1) is 12.9. The number of hydrogen-bond acceptors (Lipinski definition) is 5. The number of anilines is 1. The third-order valence-electron chi connectivity index (χ3n) is 4.40. The number of carbonyl (C=O) groups excluding carboxylic acids is 1. The summed E-state index contributed by atoms with van der Waals surface area (Å²) in [5, 5.41) is 9.94. The van der Waals surface area contributed by atoms with E-state index in [1.807, 2.05) is 11.4 Å².